The predicted molar refractivity (Wildman–Crippen MR) is 61.0 cm³/mol. The molecule has 2 aromatic rings. The maximum atomic E-state index is 9.71. The third-order valence-electron chi connectivity index (χ3n) is 2.73. The van der Waals surface area contributed by atoms with Gasteiger partial charge in [-0.1, -0.05) is 30.3 Å². The summed E-state index contributed by atoms with van der Waals surface area (Å²) in [5.74, 6) is 0.317. The molecule has 0 bridgehead atoms. The van der Waals surface area contributed by atoms with Crippen LogP contribution in [0.3, 0.4) is 0 Å². The van der Waals surface area contributed by atoms with E-state index in [2.05, 4.69) is 0 Å². The van der Waals surface area contributed by atoms with Crippen LogP contribution in [0.15, 0.2) is 36.4 Å². The highest BCUT2D eigenvalue weighted by molar-refractivity contribution is 5.91. The number of phenols is 1. The zero-order valence-corrected chi connectivity index (χ0v) is 8.90. The molecule has 1 atom stereocenters. The first kappa shape index (κ1) is 9.99. The van der Waals surface area contributed by atoms with Crippen molar-refractivity contribution in [2.75, 3.05) is 7.11 Å². The maximum absolute atomic E-state index is 9.71. The summed E-state index contributed by atoms with van der Waals surface area (Å²) < 4.78 is 5.30. The summed E-state index contributed by atoms with van der Waals surface area (Å²) in [6.45, 7) is 2.00. The molecule has 0 fully saturated rings. The molecule has 2 aromatic carbocycles. The van der Waals surface area contributed by atoms with Gasteiger partial charge in [0.1, 0.15) is 5.75 Å². The molecule has 78 valence electrons. The third kappa shape index (κ3) is 1.68. The van der Waals surface area contributed by atoms with Crippen LogP contribution < -0.4 is 0 Å². The van der Waals surface area contributed by atoms with Gasteiger partial charge in [-0.05, 0) is 23.9 Å². The molecule has 0 radical (unpaired) electrons. The molecule has 0 aliphatic carbocycles. The van der Waals surface area contributed by atoms with Crippen molar-refractivity contribution in [2.45, 2.75) is 13.0 Å². The number of fused-ring (bicyclic) bond motifs is 1. The third-order valence-corrected chi connectivity index (χ3v) is 2.73. The van der Waals surface area contributed by atoms with Crippen LogP contribution in [0.25, 0.3) is 10.8 Å². The smallest absolute Gasteiger partial charge is 0.123 e. The van der Waals surface area contributed by atoms with Crippen molar-refractivity contribution < 1.29 is 9.84 Å². The van der Waals surface area contributed by atoms with Crippen LogP contribution in [0, 0.1) is 0 Å². The molecule has 0 amide bonds. The van der Waals surface area contributed by atoms with Crippen LogP contribution in [0.2, 0.25) is 0 Å². The molecule has 1 unspecified atom stereocenters. The van der Waals surface area contributed by atoms with Gasteiger partial charge in [0, 0.05) is 12.5 Å². The van der Waals surface area contributed by atoms with Gasteiger partial charge >= 0.3 is 0 Å². The Labute approximate surface area is 89.1 Å². The second-order valence-corrected chi connectivity index (χ2v) is 3.60. The first-order valence-electron chi connectivity index (χ1n) is 4.97. The fourth-order valence-electron chi connectivity index (χ4n) is 1.79. The van der Waals surface area contributed by atoms with Crippen LogP contribution in [0.1, 0.15) is 18.6 Å². The summed E-state index contributed by atoms with van der Waals surface area (Å²) in [5.41, 5.74) is 1.10. The van der Waals surface area contributed by atoms with Crippen LogP contribution in [0.5, 0.6) is 5.75 Å². The normalized spacial score (nSPS) is 12.9. The predicted octanol–water partition coefficient (Wildman–Crippen LogP) is 3.25. The topological polar surface area (TPSA) is 29.5 Å². The molecule has 2 heteroatoms. The standard InChI is InChI=1S/C13H14O2/c1-9(15-2)10-7-8-13(14)12-6-4-3-5-11(10)12/h3-9,14H,1-2H3. The van der Waals surface area contributed by atoms with Gasteiger partial charge in [0.2, 0.25) is 0 Å². The molecule has 0 aliphatic heterocycles. The Morgan fingerprint density at radius 3 is 2.40 bits per heavy atom. The van der Waals surface area contributed by atoms with Crippen molar-refractivity contribution in [3.8, 4) is 5.75 Å². The molecule has 2 nitrogen and oxygen atoms in total. The summed E-state index contributed by atoms with van der Waals surface area (Å²) >= 11 is 0. The molecule has 2 rings (SSSR count). The Bertz CT molecular complexity index is 477. The van der Waals surface area contributed by atoms with Gasteiger partial charge < -0.3 is 9.84 Å². The molecule has 0 saturated heterocycles. The number of rotatable bonds is 2. The van der Waals surface area contributed by atoms with Gasteiger partial charge in [0.05, 0.1) is 6.10 Å². The van der Waals surface area contributed by atoms with Crippen LogP contribution in [0.4, 0.5) is 0 Å². The van der Waals surface area contributed by atoms with E-state index < -0.39 is 0 Å². The van der Waals surface area contributed by atoms with E-state index in [1.807, 2.05) is 37.3 Å². The number of benzene rings is 2. The fourth-order valence-corrected chi connectivity index (χ4v) is 1.79. The van der Waals surface area contributed by atoms with Gasteiger partial charge in [0.15, 0.2) is 0 Å². The van der Waals surface area contributed by atoms with E-state index in [0.717, 1.165) is 16.3 Å². The fraction of sp³-hybridized carbons (Fsp3) is 0.231. The number of hydrogen-bond acceptors (Lipinski definition) is 2. The van der Waals surface area contributed by atoms with E-state index in [4.69, 9.17) is 4.74 Å². The molecule has 15 heavy (non-hydrogen) atoms. The Morgan fingerprint density at radius 2 is 1.73 bits per heavy atom. The van der Waals surface area contributed by atoms with Crippen molar-refractivity contribution >= 4 is 10.8 Å². The average Bonchev–Trinajstić information content (AvgIpc) is 2.29. The first-order valence-corrected chi connectivity index (χ1v) is 4.97. The summed E-state index contributed by atoms with van der Waals surface area (Å²) in [5, 5.41) is 11.6. The number of phenolic OH excluding ortho intramolecular Hbond substituents is 1. The van der Waals surface area contributed by atoms with Crippen LogP contribution >= 0.6 is 0 Å². The van der Waals surface area contributed by atoms with E-state index >= 15 is 0 Å². The minimum absolute atomic E-state index is 0.0375. The number of ether oxygens (including phenoxy) is 1. The van der Waals surface area contributed by atoms with E-state index in [1.54, 1.807) is 13.2 Å². The number of hydrogen-bond donors (Lipinski definition) is 1. The Balaban J connectivity index is 2.71. The second-order valence-electron chi connectivity index (χ2n) is 3.60. The number of aromatic hydroxyl groups is 1. The van der Waals surface area contributed by atoms with Crippen LogP contribution in [-0.4, -0.2) is 12.2 Å². The zero-order valence-electron chi connectivity index (χ0n) is 8.90. The van der Waals surface area contributed by atoms with E-state index in [-0.39, 0.29) is 6.10 Å². The minimum Gasteiger partial charge on any atom is -0.507 e. The zero-order chi connectivity index (χ0) is 10.8. The summed E-state index contributed by atoms with van der Waals surface area (Å²) in [6, 6.07) is 11.4. The highest BCUT2D eigenvalue weighted by atomic mass is 16.5. The molecular formula is C13H14O2. The average molecular weight is 202 g/mol. The largest absolute Gasteiger partial charge is 0.507 e. The quantitative estimate of drug-likeness (QED) is 0.810. The van der Waals surface area contributed by atoms with Gasteiger partial charge in [-0.15, -0.1) is 0 Å². The lowest BCUT2D eigenvalue weighted by Gasteiger charge is -2.13. The Kier molecular flexibility index (Phi) is 2.60. The number of methoxy groups -OCH3 is 1. The summed E-state index contributed by atoms with van der Waals surface area (Å²) in [6.07, 6.45) is 0.0375. The van der Waals surface area contributed by atoms with Crippen molar-refractivity contribution in [3.05, 3.63) is 42.0 Å². The van der Waals surface area contributed by atoms with Gasteiger partial charge in [0.25, 0.3) is 0 Å². The van der Waals surface area contributed by atoms with Crippen molar-refractivity contribution in [1.29, 1.82) is 0 Å². The van der Waals surface area contributed by atoms with Crippen molar-refractivity contribution in [2.24, 2.45) is 0 Å². The van der Waals surface area contributed by atoms with Crippen molar-refractivity contribution in [3.63, 3.8) is 0 Å². The van der Waals surface area contributed by atoms with Gasteiger partial charge in [-0.2, -0.15) is 0 Å². The molecular weight excluding hydrogens is 188 g/mol. The molecule has 1 N–H and O–H groups in total. The maximum Gasteiger partial charge on any atom is 0.123 e. The lowest BCUT2D eigenvalue weighted by Crippen LogP contribution is -1.96. The summed E-state index contributed by atoms with van der Waals surface area (Å²) in [7, 11) is 1.69. The lowest BCUT2D eigenvalue weighted by atomic mass is 10.0. The Morgan fingerprint density at radius 1 is 1.07 bits per heavy atom. The highest BCUT2D eigenvalue weighted by Crippen LogP contribution is 2.31. The van der Waals surface area contributed by atoms with Gasteiger partial charge in [-0.25, -0.2) is 0 Å². The van der Waals surface area contributed by atoms with E-state index in [1.165, 1.54) is 0 Å². The minimum atomic E-state index is 0.0375. The highest BCUT2D eigenvalue weighted by Gasteiger charge is 2.09. The molecule has 0 spiro atoms. The van der Waals surface area contributed by atoms with Crippen LogP contribution in [-0.2, 0) is 4.74 Å². The molecule has 0 saturated carbocycles. The second kappa shape index (κ2) is 3.91. The Hall–Kier alpha value is -1.54. The molecule has 0 heterocycles. The first-order chi connectivity index (χ1) is 7.24. The van der Waals surface area contributed by atoms with Gasteiger partial charge in [-0.3, -0.25) is 0 Å². The van der Waals surface area contributed by atoms with E-state index in [9.17, 15) is 5.11 Å². The summed E-state index contributed by atoms with van der Waals surface area (Å²) in [4.78, 5) is 0. The lowest BCUT2D eigenvalue weighted by molar-refractivity contribution is 0.120. The van der Waals surface area contributed by atoms with E-state index in [0.29, 0.717) is 5.75 Å². The molecule has 0 aromatic heterocycles. The SMILES string of the molecule is COC(C)c1ccc(O)c2ccccc12. The monoisotopic (exact) mass is 202 g/mol. The van der Waals surface area contributed by atoms with Crippen molar-refractivity contribution in [1.82, 2.24) is 0 Å². The molecule has 0 aliphatic rings.